The van der Waals surface area contributed by atoms with Crippen molar-refractivity contribution in [2.75, 3.05) is 26.1 Å². The maximum absolute atomic E-state index is 13.1. The maximum Gasteiger partial charge on any atom is 0.243 e. The van der Waals surface area contributed by atoms with Gasteiger partial charge in [0.25, 0.3) is 0 Å². The minimum absolute atomic E-state index is 0.0457. The van der Waals surface area contributed by atoms with Gasteiger partial charge >= 0.3 is 0 Å². The van der Waals surface area contributed by atoms with Crippen molar-refractivity contribution < 1.29 is 27.1 Å². The summed E-state index contributed by atoms with van der Waals surface area (Å²) in [6.45, 7) is 0.220. The molecule has 0 radical (unpaired) electrons. The number of hydrogen-bond acceptors (Lipinski definition) is 5. The Morgan fingerprint density at radius 3 is 2.50 bits per heavy atom. The number of hydrogen-bond donors (Lipinski definition) is 1. The number of sulfonamides is 1. The molecule has 28 heavy (non-hydrogen) atoms. The molecule has 1 atom stereocenters. The first kappa shape index (κ1) is 20.1. The monoisotopic (exact) mass is 408 g/mol. The number of methoxy groups -OCH3 is 2. The number of halogens is 1. The number of carbonyl (C=O) groups excluding carboxylic acids is 1. The molecular weight excluding hydrogens is 387 g/mol. The van der Waals surface area contributed by atoms with E-state index in [-0.39, 0.29) is 11.4 Å². The standard InChI is InChI=1S/C19H21FN2O5S/c1-26-14-7-10-16(18(12-14)27-2)21-19(23)17-4-3-11-22(17)28(24,25)15-8-5-13(20)6-9-15/h5-10,12,17H,3-4,11H2,1-2H3,(H,21,23). The molecule has 0 bridgehead atoms. The average molecular weight is 408 g/mol. The first-order chi connectivity index (χ1) is 13.4. The SMILES string of the molecule is COc1ccc(NC(=O)C2CCCN2S(=O)(=O)c2ccc(F)cc2)c(OC)c1. The Kier molecular flexibility index (Phi) is 5.85. The Morgan fingerprint density at radius 2 is 1.86 bits per heavy atom. The molecule has 3 rings (SSSR count). The van der Waals surface area contributed by atoms with Gasteiger partial charge in [0.1, 0.15) is 23.4 Å². The Balaban J connectivity index is 1.83. The van der Waals surface area contributed by atoms with Gasteiger partial charge in [-0.25, -0.2) is 12.8 Å². The molecule has 1 saturated heterocycles. The molecule has 1 heterocycles. The molecular formula is C19H21FN2O5S. The van der Waals surface area contributed by atoms with Crippen molar-refractivity contribution in [3.05, 3.63) is 48.3 Å². The quantitative estimate of drug-likeness (QED) is 0.794. The van der Waals surface area contributed by atoms with Gasteiger partial charge in [0, 0.05) is 12.6 Å². The zero-order valence-corrected chi connectivity index (χ0v) is 16.3. The van der Waals surface area contributed by atoms with Gasteiger partial charge in [0.2, 0.25) is 15.9 Å². The van der Waals surface area contributed by atoms with Crippen LogP contribution >= 0.6 is 0 Å². The van der Waals surface area contributed by atoms with Gasteiger partial charge in [-0.15, -0.1) is 0 Å². The van der Waals surface area contributed by atoms with E-state index in [2.05, 4.69) is 5.32 Å². The summed E-state index contributed by atoms with van der Waals surface area (Å²) in [4.78, 5) is 12.8. The summed E-state index contributed by atoms with van der Waals surface area (Å²) in [6.07, 6.45) is 0.947. The van der Waals surface area contributed by atoms with Crippen molar-refractivity contribution in [1.29, 1.82) is 0 Å². The second-order valence-electron chi connectivity index (χ2n) is 6.28. The predicted molar refractivity (Wildman–Crippen MR) is 101 cm³/mol. The van der Waals surface area contributed by atoms with E-state index in [4.69, 9.17) is 9.47 Å². The molecule has 1 unspecified atom stereocenters. The third kappa shape index (κ3) is 3.95. The molecule has 1 aliphatic rings. The average Bonchev–Trinajstić information content (AvgIpc) is 3.19. The fourth-order valence-electron chi connectivity index (χ4n) is 3.15. The molecule has 150 valence electrons. The lowest BCUT2D eigenvalue weighted by atomic mass is 10.2. The number of ether oxygens (including phenoxy) is 2. The van der Waals surface area contributed by atoms with E-state index in [0.29, 0.717) is 30.0 Å². The highest BCUT2D eigenvalue weighted by Gasteiger charge is 2.39. The summed E-state index contributed by atoms with van der Waals surface area (Å²) in [5.74, 6) is -0.0113. The van der Waals surface area contributed by atoms with Gasteiger partial charge in [-0.3, -0.25) is 4.79 Å². The first-order valence-corrected chi connectivity index (χ1v) is 10.1. The van der Waals surface area contributed by atoms with Crippen molar-refractivity contribution >= 4 is 21.6 Å². The summed E-state index contributed by atoms with van der Waals surface area (Å²) in [7, 11) is -0.933. The fourth-order valence-corrected chi connectivity index (χ4v) is 4.81. The number of amides is 1. The summed E-state index contributed by atoms with van der Waals surface area (Å²) < 4.78 is 50.5. The first-order valence-electron chi connectivity index (χ1n) is 8.67. The van der Waals surface area contributed by atoms with Crippen LogP contribution in [0.15, 0.2) is 47.4 Å². The lowest BCUT2D eigenvalue weighted by Gasteiger charge is -2.24. The van der Waals surface area contributed by atoms with Crippen molar-refractivity contribution in [2.45, 2.75) is 23.8 Å². The van der Waals surface area contributed by atoms with Crippen LogP contribution in [0.25, 0.3) is 0 Å². The number of nitrogens with one attached hydrogen (secondary N) is 1. The lowest BCUT2D eigenvalue weighted by molar-refractivity contribution is -0.119. The van der Waals surface area contributed by atoms with Gasteiger partial charge in [-0.1, -0.05) is 0 Å². The molecule has 1 N–H and O–H groups in total. The van der Waals surface area contributed by atoms with Crippen molar-refractivity contribution in [2.24, 2.45) is 0 Å². The molecule has 0 aromatic heterocycles. The molecule has 0 aliphatic carbocycles. The Hall–Kier alpha value is -2.65. The van der Waals surface area contributed by atoms with Crippen molar-refractivity contribution in [3.63, 3.8) is 0 Å². The Bertz CT molecular complexity index is 963. The fraction of sp³-hybridized carbons (Fsp3) is 0.316. The topological polar surface area (TPSA) is 84.9 Å². The molecule has 2 aromatic rings. The number of nitrogens with zero attached hydrogens (tertiary/aromatic N) is 1. The molecule has 1 amide bonds. The minimum atomic E-state index is -3.91. The lowest BCUT2D eigenvalue weighted by Crippen LogP contribution is -2.43. The van der Waals surface area contributed by atoms with E-state index in [1.807, 2.05) is 0 Å². The van der Waals surface area contributed by atoms with Crippen LogP contribution in [0.1, 0.15) is 12.8 Å². The molecule has 2 aromatic carbocycles. The molecule has 7 nitrogen and oxygen atoms in total. The van der Waals surface area contributed by atoms with Crippen LogP contribution in [-0.4, -0.2) is 45.4 Å². The smallest absolute Gasteiger partial charge is 0.243 e. The second-order valence-corrected chi connectivity index (χ2v) is 8.17. The Morgan fingerprint density at radius 1 is 1.14 bits per heavy atom. The molecule has 0 spiro atoms. The summed E-state index contributed by atoms with van der Waals surface area (Å²) >= 11 is 0. The summed E-state index contributed by atoms with van der Waals surface area (Å²) in [6, 6.07) is 8.62. The van der Waals surface area contributed by atoms with Crippen LogP contribution in [-0.2, 0) is 14.8 Å². The van der Waals surface area contributed by atoms with Crippen LogP contribution in [0.3, 0.4) is 0 Å². The Labute approximate surface area is 163 Å². The van der Waals surface area contributed by atoms with Gasteiger partial charge in [0.15, 0.2) is 0 Å². The number of rotatable bonds is 6. The van der Waals surface area contributed by atoms with Gasteiger partial charge in [-0.2, -0.15) is 4.31 Å². The zero-order chi connectivity index (χ0) is 20.3. The number of anilines is 1. The number of benzene rings is 2. The third-order valence-electron chi connectivity index (χ3n) is 4.59. The van der Waals surface area contributed by atoms with E-state index < -0.39 is 27.8 Å². The van der Waals surface area contributed by atoms with E-state index in [0.717, 1.165) is 16.4 Å². The highest BCUT2D eigenvalue weighted by molar-refractivity contribution is 7.89. The van der Waals surface area contributed by atoms with Crippen LogP contribution in [0.5, 0.6) is 11.5 Å². The predicted octanol–water partition coefficient (Wildman–Crippen LogP) is 2.63. The van der Waals surface area contributed by atoms with Crippen LogP contribution < -0.4 is 14.8 Å². The minimum Gasteiger partial charge on any atom is -0.497 e. The van der Waals surface area contributed by atoms with E-state index in [1.165, 1.54) is 26.4 Å². The van der Waals surface area contributed by atoms with E-state index in [1.54, 1.807) is 18.2 Å². The molecule has 1 fully saturated rings. The summed E-state index contributed by atoms with van der Waals surface area (Å²) in [5, 5.41) is 2.73. The van der Waals surface area contributed by atoms with Crippen molar-refractivity contribution in [1.82, 2.24) is 4.31 Å². The van der Waals surface area contributed by atoms with Crippen molar-refractivity contribution in [3.8, 4) is 11.5 Å². The van der Waals surface area contributed by atoms with Gasteiger partial charge in [-0.05, 0) is 49.2 Å². The number of carbonyl (C=O) groups is 1. The van der Waals surface area contributed by atoms with Crippen LogP contribution in [0.4, 0.5) is 10.1 Å². The van der Waals surface area contributed by atoms with E-state index >= 15 is 0 Å². The molecule has 1 aliphatic heterocycles. The second kappa shape index (κ2) is 8.15. The van der Waals surface area contributed by atoms with Crippen LogP contribution in [0.2, 0.25) is 0 Å². The zero-order valence-electron chi connectivity index (χ0n) is 15.5. The largest absolute Gasteiger partial charge is 0.497 e. The van der Waals surface area contributed by atoms with E-state index in [9.17, 15) is 17.6 Å². The van der Waals surface area contributed by atoms with Gasteiger partial charge in [0.05, 0.1) is 24.8 Å². The molecule has 0 saturated carbocycles. The maximum atomic E-state index is 13.1. The third-order valence-corrected chi connectivity index (χ3v) is 6.52. The highest BCUT2D eigenvalue weighted by atomic mass is 32.2. The highest BCUT2D eigenvalue weighted by Crippen LogP contribution is 2.31. The van der Waals surface area contributed by atoms with Gasteiger partial charge < -0.3 is 14.8 Å². The normalized spacial score (nSPS) is 17.3. The summed E-state index contributed by atoms with van der Waals surface area (Å²) in [5.41, 5.74) is 0.416. The van der Waals surface area contributed by atoms with Crippen LogP contribution in [0, 0.1) is 5.82 Å². The molecule has 9 heteroatoms.